The normalized spacial score (nSPS) is 11.0. The monoisotopic (exact) mass is 563 g/mol. The zero-order chi connectivity index (χ0) is 26.8. The van der Waals surface area contributed by atoms with Crippen LogP contribution in [0.25, 0.3) is 32.5 Å². The van der Waals surface area contributed by atoms with Gasteiger partial charge in [0.15, 0.2) is 0 Å². The van der Waals surface area contributed by atoms with Crippen LogP contribution >= 0.6 is 34.3 Å². The number of esters is 1. The van der Waals surface area contributed by atoms with E-state index in [0.29, 0.717) is 25.8 Å². The van der Waals surface area contributed by atoms with Gasteiger partial charge >= 0.3 is 5.97 Å². The molecule has 1 amide bonds. The van der Waals surface area contributed by atoms with E-state index < -0.39 is 11.9 Å². The summed E-state index contributed by atoms with van der Waals surface area (Å²) in [6, 6.07) is 16.7. The van der Waals surface area contributed by atoms with Gasteiger partial charge in [-0.1, -0.05) is 54.1 Å². The molecule has 1 N–H and O–H groups in total. The van der Waals surface area contributed by atoms with Crippen molar-refractivity contribution in [2.24, 2.45) is 0 Å². The molecule has 3 heterocycles. The smallest absolute Gasteiger partial charge is 0.341 e. The Morgan fingerprint density at radius 3 is 2.53 bits per heavy atom. The van der Waals surface area contributed by atoms with Crippen LogP contribution in [0.1, 0.15) is 22.2 Å². The van der Waals surface area contributed by atoms with Crippen molar-refractivity contribution < 1.29 is 14.3 Å². The summed E-state index contributed by atoms with van der Waals surface area (Å²) < 4.78 is 6.54. The zero-order valence-corrected chi connectivity index (χ0v) is 22.9. The molecule has 5 rings (SSSR count). The predicted molar refractivity (Wildman–Crippen MR) is 153 cm³/mol. The molecule has 0 fully saturated rings. The van der Waals surface area contributed by atoms with Crippen molar-refractivity contribution in [3.8, 4) is 22.3 Å². The number of aryl methyl sites for hydroxylation is 1. The summed E-state index contributed by atoms with van der Waals surface area (Å²) >= 11 is 8.70. The summed E-state index contributed by atoms with van der Waals surface area (Å²) in [5.74, 6) is -0.982. The first-order valence-electron chi connectivity index (χ1n) is 11.8. The Morgan fingerprint density at radius 1 is 1.08 bits per heavy atom. The standard InChI is InChI=1S/C28H22ClN3O4S2/c1-3-36-28(35)23-20(17-7-5-4-6-8-17)14-37-26(23)31-21(33)13-32-15-30-25-24(27(32)34)22(16(2)38-25)18-9-11-19(29)12-10-18/h4-12,14-15H,3,13H2,1-2H3,(H,31,33). The van der Waals surface area contributed by atoms with Gasteiger partial charge in [0.25, 0.3) is 5.56 Å². The van der Waals surface area contributed by atoms with E-state index in [1.807, 2.05) is 54.8 Å². The number of ether oxygens (including phenoxy) is 1. The first kappa shape index (κ1) is 25.8. The number of nitrogens with one attached hydrogen (secondary N) is 1. The number of amides is 1. The topological polar surface area (TPSA) is 90.3 Å². The number of aromatic nitrogens is 2. The van der Waals surface area contributed by atoms with E-state index in [2.05, 4.69) is 10.3 Å². The lowest BCUT2D eigenvalue weighted by molar-refractivity contribution is -0.116. The van der Waals surface area contributed by atoms with Gasteiger partial charge in [-0.15, -0.1) is 22.7 Å². The number of thiophene rings is 2. The fourth-order valence-electron chi connectivity index (χ4n) is 4.22. The molecular weight excluding hydrogens is 542 g/mol. The quantitative estimate of drug-likeness (QED) is 0.224. The molecule has 10 heteroatoms. The molecule has 38 heavy (non-hydrogen) atoms. The molecule has 0 spiro atoms. The zero-order valence-electron chi connectivity index (χ0n) is 20.5. The number of carbonyl (C=O) groups is 2. The van der Waals surface area contributed by atoms with Crippen molar-refractivity contribution in [2.75, 3.05) is 11.9 Å². The van der Waals surface area contributed by atoms with Gasteiger partial charge in [-0.05, 0) is 37.1 Å². The lowest BCUT2D eigenvalue weighted by Gasteiger charge is -2.10. The van der Waals surface area contributed by atoms with E-state index >= 15 is 0 Å². The van der Waals surface area contributed by atoms with Crippen LogP contribution < -0.4 is 10.9 Å². The van der Waals surface area contributed by atoms with Crippen molar-refractivity contribution in [3.63, 3.8) is 0 Å². The molecule has 0 bridgehead atoms. The summed E-state index contributed by atoms with van der Waals surface area (Å²) in [5, 5.41) is 6.03. The van der Waals surface area contributed by atoms with Gasteiger partial charge < -0.3 is 10.1 Å². The minimum atomic E-state index is -0.524. The third-order valence-corrected chi connectivity index (χ3v) is 8.07. The lowest BCUT2D eigenvalue weighted by atomic mass is 10.0. The Labute approximate surface area is 231 Å². The van der Waals surface area contributed by atoms with E-state index in [9.17, 15) is 14.4 Å². The van der Waals surface area contributed by atoms with Crippen molar-refractivity contribution in [3.05, 3.63) is 92.1 Å². The molecule has 0 radical (unpaired) electrons. The number of nitrogens with zero attached hydrogens (tertiary/aromatic N) is 2. The number of rotatable bonds is 7. The second-order valence-electron chi connectivity index (χ2n) is 8.39. The Hall–Kier alpha value is -3.79. The first-order valence-corrected chi connectivity index (χ1v) is 13.8. The molecule has 0 aliphatic heterocycles. The van der Waals surface area contributed by atoms with E-state index in [0.717, 1.165) is 21.6 Å². The van der Waals surface area contributed by atoms with Crippen LogP contribution in [0, 0.1) is 6.92 Å². The molecular formula is C28H22ClN3O4S2. The molecule has 3 aromatic heterocycles. The fraction of sp³-hybridized carbons (Fsp3) is 0.143. The lowest BCUT2D eigenvalue weighted by Crippen LogP contribution is -2.28. The van der Waals surface area contributed by atoms with E-state index in [4.69, 9.17) is 16.3 Å². The molecule has 0 atom stereocenters. The highest BCUT2D eigenvalue weighted by Gasteiger charge is 2.23. The maximum absolute atomic E-state index is 13.5. The van der Waals surface area contributed by atoms with Crippen LogP contribution in [-0.4, -0.2) is 28.0 Å². The molecule has 192 valence electrons. The minimum absolute atomic E-state index is 0.202. The second kappa shape index (κ2) is 10.9. The largest absolute Gasteiger partial charge is 0.462 e. The maximum Gasteiger partial charge on any atom is 0.341 e. The summed E-state index contributed by atoms with van der Waals surface area (Å²) in [4.78, 5) is 45.4. The third-order valence-electron chi connectivity index (χ3n) is 5.91. The second-order valence-corrected chi connectivity index (χ2v) is 10.9. The highest BCUT2D eigenvalue weighted by Crippen LogP contribution is 2.37. The highest BCUT2D eigenvalue weighted by atomic mass is 35.5. The molecule has 0 unspecified atom stereocenters. The Balaban J connectivity index is 1.47. The molecule has 0 aliphatic carbocycles. The first-order chi connectivity index (χ1) is 18.4. The van der Waals surface area contributed by atoms with E-state index in [-0.39, 0.29) is 24.3 Å². The number of hydrogen-bond donors (Lipinski definition) is 1. The third kappa shape index (κ3) is 5.00. The van der Waals surface area contributed by atoms with Gasteiger partial charge in [-0.2, -0.15) is 0 Å². The van der Waals surface area contributed by atoms with Crippen LogP contribution in [0.15, 0.2) is 71.1 Å². The summed E-state index contributed by atoms with van der Waals surface area (Å²) in [6.07, 6.45) is 1.38. The van der Waals surface area contributed by atoms with Gasteiger partial charge in [0, 0.05) is 26.4 Å². The SMILES string of the molecule is CCOC(=O)c1c(-c2ccccc2)csc1NC(=O)Cn1cnc2sc(C)c(-c3ccc(Cl)cc3)c2c1=O. The number of benzene rings is 2. The van der Waals surface area contributed by atoms with Crippen LogP contribution in [0.4, 0.5) is 5.00 Å². The number of halogens is 1. The van der Waals surface area contributed by atoms with Gasteiger partial charge in [0.2, 0.25) is 5.91 Å². The number of hydrogen-bond acceptors (Lipinski definition) is 7. The highest BCUT2D eigenvalue weighted by molar-refractivity contribution is 7.19. The number of anilines is 1. The number of fused-ring (bicyclic) bond motifs is 1. The Kier molecular flexibility index (Phi) is 7.42. The average molecular weight is 564 g/mol. The van der Waals surface area contributed by atoms with Gasteiger partial charge in [0.1, 0.15) is 21.9 Å². The minimum Gasteiger partial charge on any atom is -0.462 e. The van der Waals surface area contributed by atoms with Crippen molar-refractivity contribution >= 4 is 61.4 Å². The van der Waals surface area contributed by atoms with Crippen molar-refractivity contribution in [1.29, 1.82) is 0 Å². The van der Waals surface area contributed by atoms with Gasteiger partial charge in [0.05, 0.1) is 18.3 Å². The number of carbonyl (C=O) groups excluding carboxylic acids is 2. The molecule has 0 aliphatic rings. The summed E-state index contributed by atoms with van der Waals surface area (Å²) in [6.45, 7) is 3.60. The Morgan fingerprint density at radius 2 is 1.82 bits per heavy atom. The van der Waals surface area contributed by atoms with Crippen LogP contribution in [0.3, 0.4) is 0 Å². The van der Waals surface area contributed by atoms with E-state index in [1.165, 1.54) is 33.6 Å². The molecule has 7 nitrogen and oxygen atoms in total. The molecule has 0 saturated heterocycles. The maximum atomic E-state index is 13.5. The van der Waals surface area contributed by atoms with Crippen LogP contribution in [0.5, 0.6) is 0 Å². The van der Waals surface area contributed by atoms with Crippen LogP contribution in [0.2, 0.25) is 5.02 Å². The average Bonchev–Trinajstić information content (AvgIpc) is 3.48. The van der Waals surface area contributed by atoms with Crippen molar-refractivity contribution in [1.82, 2.24) is 9.55 Å². The predicted octanol–water partition coefficient (Wildman–Crippen LogP) is 6.63. The molecule has 0 saturated carbocycles. The molecule has 2 aromatic carbocycles. The van der Waals surface area contributed by atoms with Crippen LogP contribution in [-0.2, 0) is 16.1 Å². The van der Waals surface area contributed by atoms with Crippen molar-refractivity contribution in [2.45, 2.75) is 20.4 Å². The fourth-order valence-corrected chi connectivity index (χ4v) is 6.32. The Bertz CT molecular complexity index is 1710. The summed E-state index contributed by atoms with van der Waals surface area (Å²) in [7, 11) is 0. The molecule has 5 aromatic rings. The van der Waals surface area contributed by atoms with E-state index in [1.54, 1.807) is 19.1 Å². The van der Waals surface area contributed by atoms with Gasteiger partial charge in [-0.3, -0.25) is 14.2 Å². The summed E-state index contributed by atoms with van der Waals surface area (Å²) in [5.41, 5.74) is 3.11. The van der Waals surface area contributed by atoms with Gasteiger partial charge in [-0.25, -0.2) is 9.78 Å².